The fraction of sp³-hybridized carbons (Fsp3) is 0.118. The molecule has 0 saturated carbocycles. The summed E-state index contributed by atoms with van der Waals surface area (Å²) in [7, 11) is 0. The fourth-order valence-corrected chi connectivity index (χ4v) is 5.45. The zero-order valence-electron chi connectivity index (χ0n) is 12.9. The van der Waals surface area contributed by atoms with E-state index in [0.29, 0.717) is 16.9 Å². The minimum absolute atomic E-state index is 0.593. The van der Waals surface area contributed by atoms with Crippen molar-refractivity contribution in [2.75, 3.05) is 0 Å². The molecule has 4 rings (SSSR count). The number of aromatic nitrogens is 3. The van der Waals surface area contributed by atoms with Crippen LogP contribution in [0.2, 0.25) is 0 Å². The van der Waals surface area contributed by atoms with E-state index in [1.54, 1.807) is 34.9 Å². The Kier molecular flexibility index (Phi) is 5.40. The van der Waals surface area contributed by atoms with Crippen LogP contribution in [0, 0.1) is 0 Å². The maximum absolute atomic E-state index is 5.72. The molecule has 0 amide bonds. The molecule has 0 radical (unpaired) electrons. The summed E-state index contributed by atoms with van der Waals surface area (Å²) in [5.74, 6) is 2.04. The molecule has 2 heterocycles. The predicted octanol–water partition coefficient (Wildman–Crippen LogP) is 6.03. The van der Waals surface area contributed by atoms with Gasteiger partial charge in [0, 0.05) is 10.2 Å². The molecule has 0 aliphatic heterocycles. The maximum Gasteiger partial charge on any atom is 0.276 e. The second-order valence-electron chi connectivity index (χ2n) is 5.08. The van der Waals surface area contributed by atoms with Crippen molar-refractivity contribution in [3.05, 3.63) is 64.5 Å². The van der Waals surface area contributed by atoms with E-state index in [-0.39, 0.29) is 0 Å². The van der Waals surface area contributed by atoms with Crippen molar-refractivity contribution in [2.24, 2.45) is 0 Å². The molecule has 0 saturated heterocycles. The first-order chi connectivity index (χ1) is 12.3. The molecule has 0 unspecified atom stereocenters. The van der Waals surface area contributed by atoms with Crippen LogP contribution in [0.5, 0.6) is 0 Å². The summed E-state index contributed by atoms with van der Waals surface area (Å²) in [6.45, 7) is 0. The standard InChI is InChI=1S/C17H12BrN3OS3/c18-12-6-2-1-5-11(12)9-23-16-21-20-15(22-16)10-24-17-19-13-7-3-4-8-14(13)25-17/h1-8H,9-10H2. The molecule has 0 atom stereocenters. The number of fused-ring (bicyclic) bond motifs is 1. The second kappa shape index (κ2) is 7.90. The van der Waals surface area contributed by atoms with Crippen molar-refractivity contribution in [3.63, 3.8) is 0 Å². The Hall–Kier alpha value is -1.35. The highest BCUT2D eigenvalue weighted by atomic mass is 79.9. The average Bonchev–Trinajstić information content (AvgIpc) is 3.25. The Morgan fingerprint density at radius 1 is 0.960 bits per heavy atom. The highest BCUT2D eigenvalue weighted by Crippen LogP contribution is 2.32. The third kappa shape index (κ3) is 4.25. The van der Waals surface area contributed by atoms with Gasteiger partial charge in [0.1, 0.15) is 0 Å². The molecule has 0 aliphatic rings. The Labute approximate surface area is 165 Å². The van der Waals surface area contributed by atoms with E-state index in [4.69, 9.17) is 4.42 Å². The lowest BCUT2D eigenvalue weighted by molar-refractivity contribution is 0.426. The second-order valence-corrected chi connectivity index (χ2v) is 9.11. The van der Waals surface area contributed by atoms with Crippen LogP contribution in [-0.2, 0) is 11.5 Å². The highest BCUT2D eigenvalue weighted by molar-refractivity contribution is 9.10. The van der Waals surface area contributed by atoms with Gasteiger partial charge in [-0.3, -0.25) is 0 Å². The van der Waals surface area contributed by atoms with Crippen LogP contribution in [0.25, 0.3) is 10.2 Å². The minimum atomic E-state index is 0.593. The topological polar surface area (TPSA) is 51.8 Å². The van der Waals surface area contributed by atoms with Crippen LogP contribution in [0.4, 0.5) is 0 Å². The van der Waals surface area contributed by atoms with Gasteiger partial charge in [-0.2, -0.15) is 0 Å². The molecule has 2 aromatic carbocycles. The molecule has 0 fully saturated rings. The third-order valence-electron chi connectivity index (χ3n) is 3.35. The van der Waals surface area contributed by atoms with Gasteiger partial charge in [0.2, 0.25) is 5.89 Å². The van der Waals surface area contributed by atoms with E-state index in [9.17, 15) is 0 Å². The van der Waals surface area contributed by atoms with Crippen LogP contribution in [0.15, 0.2) is 67.0 Å². The lowest BCUT2D eigenvalue weighted by Gasteiger charge is -2.00. The van der Waals surface area contributed by atoms with Crippen molar-refractivity contribution in [2.45, 2.75) is 21.1 Å². The Morgan fingerprint density at radius 3 is 2.68 bits per heavy atom. The minimum Gasteiger partial charge on any atom is -0.415 e. The van der Waals surface area contributed by atoms with Crippen molar-refractivity contribution in [3.8, 4) is 0 Å². The summed E-state index contributed by atoms with van der Waals surface area (Å²) in [5, 5.41) is 8.84. The highest BCUT2D eigenvalue weighted by Gasteiger charge is 2.10. The quantitative estimate of drug-likeness (QED) is 0.335. The number of para-hydroxylation sites is 1. The van der Waals surface area contributed by atoms with Crippen molar-refractivity contribution >= 4 is 61.0 Å². The fourth-order valence-electron chi connectivity index (χ4n) is 2.15. The number of thioether (sulfide) groups is 2. The summed E-state index contributed by atoms with van der Waals surface area (Å²) >= 11 is 8.40. The van der Waals surface area contributed by atoms with Crippen LogP contribution in [0.3, 0.4) is 0 Å². The van der Waals surface area contributed by atoms with Crippen LogP contribution in [-0.4, -0.2) is 15.2 Å². The summed E-state index contributed by atoms with van der Waals surface area (Å²) < 4.78 is 9.02. The largest absolute Gasteiger partial charge is 0.415 e. The summed E-state index contributed by atoms with van der Waals surface area (Å²) in [4.78, 5) is 4.60. The molecule has 126 valence electrons. The first kappa shape index (κ1) is 17.1. The normalized spacial score (nSPS) is 11.2. The average molecular weight is 450 g/mol. The Bertz CT molecular complexity index is 968. The van der Waals surface area contributed by atoms with Crippen molar-refractivity contribution < 1.29 is 4.42 Å². The lowest BCUT2D eigenvalue weighted by atomic mass is 10.2. The maximum atomic E-state index is 5.72. The summed E-state index contributed by atoms with van der Waals surface area (Å²) in [5.41, 5.74) is 2.24. The number of benzene rings is 2. The Balaban J connectivity index is 1.35. The first-order valence-corrected chi connectivity index (χ1v) is 11.0. The number of thiazole rings is 1. The predicted molar refractivity (Wildman–Crippen MR) is 107 cm³/mol. The number of rotatable bonds is 6. The molecular weight excluding hydrogens is 438 g/mol. The lowest BCUT2D eigenvalue weighted by Crippen LogP contribution is -1.82. The van der Waals surface area contributed by atoms with Crippen LogP contribution in [0.1, 0.15) is 11.5 Å². The van der Waals surface area contributed by atoms with Gasteiger partial charge in [-0.15, -0.1) is 21.5 Å². The molecule has 0 aliphatic carbocycles. The molecule has 0 N–H and O–H groups in total. The van der Waals surface area contributed by atoms with Gasteiger partial charge >= 0.3 is 0 Å². The van der Waals surface area contributed by atoms with Gasteiger partial charge in [-0.1, -0.05) is 69.8 Å². The number of hydrogen-bond donors (Lipinski definition) is 0. The van der Waals surface area contributed by atoms with Gasteiger partial charge in [0.25, 0.3) is 5.22 Å². The smallest absolute Gasteiger partial charge is 0.276 e. The van der Waals surface area contributed by atoms with E-state index in [0.717, 1.165) is 20.1 Å². The molecule has 8 heteroatoms. The van der Waals surface area contributed by atoms with E-state index in [1.807, 2.05) is 36.4 Å². The molecular formula is C17H12BrN3OS3. The van der Waals surface area contributed by atoms with E-state index in [2.05, 4.69) is 43.2 Å². The summed E-state index contributed by atoms with van der Waals surface area (Å²) in [6.07, 6.45) is 0. The molecule has 4 aromatic rings. The molecule has 4 nitrogen and oxygen atoms in total. The molecule has 0 spiro atoms. The SMILES string of the molecule is Brc1ccccc1CSc1nnc(CSc2nc3ccccc3s2)o1. The monoisotopic (exact) mass is 449 g/mol. The van der Waals surface area contributed by atoms with Crippen molar-refractivity contribution in [1.29, 1.82) is 0 Å². The van der Waals surface area contributed by atoms with Crippen LogP contribution >= 0.6 is 50.8 Å². The molecule has 2 aromatic heterocycles. The third-order valence-corrected chi connectivity index (χ3v) is 7.16. The van der Waals surface area contributed by atoms with Gasteiger partial charge < -0.3 is 4.42 Å². The first-order valence-electron chi connectivity index (χ1n) is 7.45. The van der Waals surface area contributed by atoms with Crippen LogP contribution < -0.4 is 0 Å². The zero-order valence-corrected chi connectivity index (χ0v) is 16.9. The zero-order chi connectivity index (χ0) is 17.1. The summed E-state index contributed by atoms with van der Waals surface area (Å²) in [6, 6.07) is 16.3. The van der Waals surface area contributed by atoms with Gasteiger partial charge in [0.15, 0.2) is 4.34 Å². The Morgan fingerprint density at radius 2 is 1.80 bits per heavy atom. The molecule has 25 heavy (non-hydrogen) atoms. The number of nitrogens with zero attached hydrogens (tertiary/aromatic N) is 3. The van der Waals surface area contributed by atoms with Gasteiger partial charge in [-0.05, 0) is 23.8 Å². The van der Waals surface area contributed by atoms with E-state index < -0.39 is 0 Å². The van der Waals surface area contributed by atoms with Gasteiger partial charge in [0.05, 0.1) is 16.0 Å². The van der Waals surface area contributed by atoms with E-state index >= 15 is 0 Å². The number of halogens is 1. The van der Waals surface area contributed by atoms with E-state index in [1.165, 1.54) is 10.3 Å². The number of hydrogen-bond acceptors (Lipinski definition) is 7. The molecule has 0 bridgehead atoms. The van der Waals surface area contributed by atoms with Crippen molar-refractivity contribution in [1.82, 2.24) is 15.2 Å². The van der Waals surface area contributed by atoms with Gasteiger partial charge in [-0.25, -0.2) is 4.98 Å².